The number of aromatic nitrogens is 5. The van der Waals surface area contributed by atoms with Gasteiger partial charge < -0.3 is 15.3 Å². The minimum Gasteiger partial charge on any atom is -0.386 e. The molecule has 0 spiro atoms. The molecule has 2 aromatic carbocycles. The fourth-order valence-electron chi connectivity index (χ4n) is 8.45. The van der Waals surface area contributed by atoms with E-state index in [1.807, 2.05) is 53.2 Å². The number of benzene rings is 2. The summed E-state index contributed by atoms with van der Waals surface area (Å²) >= 11 is 0. The zero-order valence-corrected chi connectivity index (χ0v) is 32.7. The van der Waals surface area contributed by atoms with Crippen molar-refractivity contribution in [3.05, 3.63) is 87.7 Å². The number of aryl methyl sites for hydroxylation is 1. The zero-order valence-electron chi connectivity index (χ0n) is 32.7. The average molecular weight is 778 g/mol. The third-order valence-electron chi connectivity index (χ3n) is 11.4. The van der Waals surface area contributed by atoms with Crippen molar-refractivity contribution >= 4 is 45.3 Å². The largest absolute Gasteiger partial charge is 0.386 e. The van der Waals surface area contributed by atoms with Crippen LogP contribution in [0.1, 0.15) is 111 Å². The minimum absolute atomic E-state index is 0.147. The van der Waals surface area contributed by atoms with E-state index < -0.39 is 29.6 Å². The zero-order chi connectivity index (χ0) is 40.6. The van der Waals surface area contributed by atoms with Crippen molar-refractivity contribution in [3.63, 3.8) is 0 Å². The molecule has 5 heterocycles. The van der Waals surface area contributed by atoms with Crippen LogP contribution in [0.5, 0.6) is 0 Å². The first-order valence-corrected chi connectivity index (χ1v) is 19.5. The lowest BCUT2D eigenvalue weighted by atomic mass is 9.87. The number of piperidine rings is 2. The topological polar surface area (TPSA) is 180 Å². The molecule has 5 aromatic rings. The van der Waals surface area contributed by atoms with Crippen LogP contribution in [0.4, 0.5) is 10.1 Å². The summed E-state index contributed by atoms with van der Waals surface area (Å²) in [6.07, 6.45) is 8.11. The number of amides is 3. The van der Waals surface area contributed by atoms with E-state index in [4.69, 9.17) is 10.4 Å². The Kier molecular flexibility index (Phi) is 11.1. The van der Waals surface area contributed by atoms with Crippen LogP contribution in [-0.4, -0.2) is 77.9 Å². The second kappa shape index (κ2) is 16.0. The molecule has 3 aliphatic rings. The number of alkyl halides is 1. The average Bonchev–Trinajstić information content (AvgIpc) is 3.72. The van der Waals surface area contributed by atoms with Crippen LogP contribution in [0, 0.1) is 11.3 Å². The van der Waals surface area contributed by atoms with Crippen molar-refractivity contribution < 1.29 is 23.9 Å². The van der Waals surface area contributed by atoms with Gasteiger partial charge in [-0.25, -0.2) is 14.2 Å². The minimum atomic E-state index is -1.17. The summed E-state index contributed by atoms with van der Waals surface area (Å²) in [5.74, 6) is -1.50. The summed E-state index contributed by atoms with van der Waals surface area (Å²) in [7, 11) is 3.55. The maximum Gasteiger partial charge on any atom is 0.329 e. The lowest BCUT2D eigenvalue weighted by Gasteiger charge is -2.32. The molecule has 1 saturated carbocycles. The molecule has 57 heavy (non-hydrogen) atoms. The number of nitriles is 1. The van der Waals surface area contributed by atoms with Crippen LogP contribution in [-0.2, 0) is 22.2 Å². The molecule has 3 atom stereocenters. The Hall–Kier alpha value is -5.72. The highest BCUT2D eigenvalue weighted by molar-refractivity contribution is 6.04. The second-order valence-corrected chi connectivity index (χ2v) is 16.0. The van der Waals surface area contributed by atoms with Crippen molar-refractivity contribution in [3.8, 4) is 6.07 Å². The number of likely N-dealkylation sites (tertiary alicyclic amines) is 1. The quantitative estimate of drug-likeness (QED) is 0.191. The van der Waals surface area contributed by atoms with E-state index >= 15 is 0 Å². The molecule has 0 bridgehead atoms. The fourth-order valence-corrected chi connectivity index (χ4v) is 8.45. The number of imide groups is 1. The van der Waals surface area contributed by atoms with Crippen LogP contribution in [0.25, 0.3) is 21.9 Å². The van der Waals surface area contributed by atoms with E-state index in [0.29, 0.717) is 41.3 Å². The van der Waals surface area contributed by atoms with Gasteiger partial charge in [0.15, 0.2) is 0 Å². The number of imidazole rings is 1. The number of anilines is 1. The second-order valence-electron chi connectivity index (χ2n) is 16.0. The van der Waals surface area contributed by atoms with E-state index in [9.17, 15) is 28.7 Å². The highest BCUT2D eigenvalue weighted by atomic mass is 19.1. The van der Waals surface area contributed by atoms with Crippen LogP contribution in [0.2, 0.25) is 0 Å². The van der Waals surface area contributed by atoms with Crippen LogP contribution in [0.15, 0.2) is 59.5 Å². The van der Waals surface area contributed by atoms with E-state index in [-0.39, 0.29) is 41.7 Å². The van der Waals surface area contributed by atoms with Gasteiger partial charge in [-0.05, 0) is 89.0 Å². The Labute approximate surface area is 329 Å². The molecule has 1 aliphatic carbocycles. The van der Waals surface area contributed by atoms with E-state index in [1.54, 1.807) is 45.2 Å². The van der Waals surface area contributed by atoms with Crippen LogP contribution in [0.3, 0.4) is 0 Å². The number of halogens is 1. The monoisotopic (exact) mass is 777 g/mol. The smallest absolute Gasteiger partial charge is 0.329 e. The molecule has 3 N–H and O–H groups in total. The molecule has 0 radical (unpaired) electrons. The number of hydrogen-bond donors (Lipinski definition) is 3. The summed E-state index contributed by atoms with van der Waals surface area (Å²) < 4.78 is 19.7. The highest BCUT2D eigenvalue weighted by Crippen LogP contribution is 2.36. The first-order valence-electron chi connectivity index (χ1n) is 19.5. The van der Waals surface area contributed by atoms with Gasteiger partial charge in [0.25, 0.3) is 5.91 Å². The molecular weight excluding hydrogens is 730 g/mol. The summed E-state index contributed by atoms with van der Waals surface area (Å²) in [5.41, 5.74) is 2.79. The van der Waals surface area contributed by atoms with Crippen molar-refractivity contribution in [1.29, 1.82) is 5.26 Å². The predicted octanol–water partition coefficient (Wildman–Crippen LogP) is 5.36. The summed E-state index contributed by atoms with van der Waals surface area (Å²) in [6.45, 7) is 4.51. The van der Waals surface area contributed by atoms with E-state index in [0.717, 1.165) is 35.9 Å². The number of fused-ring (bicyclic) bond motifs is 2. The third kappa shape index (κ3) is 8.10. The standard InChI is InChI=1S/C23H25N5O2.C19H23FN4O3/c1-23(2,30)18-12-20-15(14-28(27-20)17-8-4-3-5-9-17)11-21(18)26-22(29)19-10-6-7-16(13-24)25-19;1-22-9-8-11(13(20)10-22)12-4-3-5-14-17(12)23(2)19(27)24(14)15-6-7-16(25)21-18(15)26/h6-7,10-12,14,17,30H,3-5,8-9H2,1-2H3,(H,26,29);3-5,11,13,15H,6-10H2,1-2H3,(H,21,25,26). The molecule has 14 nitrogen and oxygen atoms in total. The summed E-state index contributed by atoms with van der Waals surface area (Å²) in [6, 6.07) is 15.5. The van der Waals surface area contributed by atoms with Gasteiger partial charge in [-0.15, -0.1) is 0 Å². The van der Waals surface area contributed by atoms with Crippen LogP contribution >= 0.6 is 0 Å². The molecule has 2 aliphatic heterocycles. The Morgan fingerprint density at radius 2 is 1.79 bits per heavy atom. The number of rotatable bonds is 6. The van der Waals surface area contributed by atoms with Crippen molar-refractivity contribution in [1.82, 2.24) is 34.1 Å². The number of nitrogens with zero attached hydrogens (tertiary/aromatic N) is 7. The Morgan fingerprint density at radius 3 is 2.49 bits per heavy atom. The molecule has 298 valence electrons. The summed E-state index contributed by atoms with van der Waals surface area (Å²) in [5, 5.41) is 30.6. The van der Waals surface area contributed by atoms with E-state index in [2.05, 4.69) is 15.6 Å². The normalized spacial score (nSPS) is 20.8. The van der Waals surface area contributed by atoms with Gasteiger partial charge in [-0.1, -0.05) is 37.5 Å². The number of nitrogens with one attached hydrogen (secondary N) is 2. The lowest BCUT2D eigenvalue weighted by molar-refractivity contribution is -0.135. The molecule has 3 amide bonds. The number of pyridine rings is 1. The Morgan fingerprint density at radius 1 is 1.04 bits per heavy atom. The maximum atomic E-state index is 14.8. The molecule has 3 unspecified atom stereocenters. The molecule has 2 saturated heterocycles. The van der Waals surface area contributed by atoms with Gasteiger partial charge in [-0.3, -0.25) is 33.5 Å². The number of hydrogen-bond acceptors (Lipinski definition) is 9. The van der Waals surface area contributed by atoms with Gasteiger partial charge in [0.1, 0.15) is 29.7 Å². The number of carbonyl (C=O) groups is 3. The highest BCUT2D eigenvalue weighted by Gasteiger charge is 2.35. The number of carbonyl (C=O) groups excluding carboxylic acids is 3. The molecular formula is C42H48FN9O5. The van der Waals surface area contributed by atoms with E-state index in [1.165, 1.54) is 28.4 Å². The van der Waals surface area contributed by atoms with Crippen molar-refractivity contribution in [2.24, 2.45) is 7.05 Å². The predicted molar refractivity (Wildman–Crippen MR) is 212 cm³/mol. The molecule has 15 heteroatoms. The van der Waals surface area contributed by atoms with Gasteiger partial charge in [0.05, 0.1) is 28.2 Å². The first kappa shape index (κ1) is 39.5. The summed E-state index contributed by atoms with van der Waals surface area (Å²) in [4.78, 5) is 55.5. The van der Waals surface area contributed by atoms with Gasteiger partial charge >= 0.3 is 5.69 Å². The Bertz CT molecular complexity index is 2450. The SMILES string of the molecule is CC(C)(O)c1cc2nn(C3CCCCC3)cc2cc1NC(=O)c1cccc(C#N)n1.CN1CCC(c2cccc3c2n(C)c(=O)n3C2CCC(=O)NC2=O)C(F)C1. The van der Waals surface area contributed by atoms with Gasteiger partial charge in [-0.2, -0.15) is 10.4 Å². The lowest BCUT2D eigenvalue weighted by Crippen LogP contribution is -2.44. The van der Waals surface area contributed by atoms with Gasteiger partial charge in [0.2, 0.25) is 11.8 Å². The number of para-hydroxylation sites is 1. The molecule has 3 aromatic heterocycles. The maximum absolute atomic E-state index is 14.8. The van der Waals surface area contributed by atoms with Crippen LogP contribution < -0.4 is 16.3 Å². The number of aliphatic hydroxyl groups is 1. The molecule has 3 fully saturated rings. The molecule has 8 rings (SSSR count). The first-order chi connectivity index (χ1) is 27.2. The van der Waals surface area contributed by atoms with Gasteiger partial charge in [0, 0.05) is 48.8 Å². The van der Waals surface area contributed by atoms with Crippen molar-refractivity contribution in [2.45, 2.75) is 95.0 Å². The van der Waals surface area contributed by atoms with Crippen molar-refractivity contribution in [2.75, 3.05) is 25.5 Å². The third-order valence-corrected chi connectivity index (χ3v) is 11.4. The Balaban J connectivity index is 0.000000175. The fraction of sp³-hybridized carbons (Fsp3) is 0.452.